The minimum atomic E-state index is -2.36. The van der Waals surface area contributed by atoms with Gasteiger partial charge in [-0.2, -0.15) is 5.10 Å². The summed E-state index contributed by atoms with van der Waals surface area (Å²) < 4.78 is 25.2. The summed E-state index contributed by atoms with van der Waals surface area (Å²) in [6.45, 7) is 5.60. The van der Waals surface area contributed by atoms with Gasteiger partial charge in [0.15, 0.2) is 0 Å². The van der Waals surface area contributed by atoms with Crippen LogP contribution in [-0.2, 0) is 6.54 Å². The molecule has 0 aromatic carbocycles. The summed E-state index contributed by atoms with van der Waals surface area (Å²) in [5.41, 5.74) is -0.107. The fourth-order valence-corrected chi connectivity index (χ4v) is 1.06. The van der Waals surface area contributed by atoms with Gasteiger partial charge in [-0.25, -0.2) is 8.78 Å². The molecule has 1 heterocycles. The van der Waals surface area contributed by atoms with Crippen LogP contribution >= 0.6 is 0 Å². The normalized spacial score (nSPS) is 12.1. The second kappa shape index (κ2) is 3.94. The predicted octanol–water partition coefficient (Wildman–Crippen LogP) is 2.36. The number of hydrogen-bond acceptors (Lipinski definition) is 2. The van der Waals surface area contributed by atoms with Gasteiger partial charge in [0.1, 0.15) is 12.4 Å². The van der Waals surface area contributed by atoms with Gasteiger partial charge in [-0.05, 0) is 20.8 Å². The minimum absolute atomic E-state index is 0.107. The largest absolute Gasteiger partial charge is 0.364 e. The summed E-state index contributed by atoms with van der Waals surface area (Å²) in [6.07, 6.45) is -0.822. The monoisotopic (exact) mass is 203 g/mol. The molecule has 0 aliphatic rings. The molecule has 0 saturated heterocycles. The van der Waals surface area contributed by atoms with E-state index in [2.05, 4.69) is 10.4 Å². The standard InChI is InChI=1S/C9H15F2N3/c1-9(2,3)12-8-4-5-14(13-8)6-7(10)11/h4-5,7H,6H2,1-3H3,(H,12,13). The Balaban J connectivity index is 2.60. The van der Waals surface area contributed by atoms with Crippen LogP contribution in [0.25, 0.3) is 0 Å². The molecule has 1 rings (SSSR count). The van der Waals surface area contributed by atoms with Crippen LogP contribution < -0.4 is 5.32 Å². The topological polar surface area (TPSA) is 29.9 Å². The lowest BCUT2D eigenvalue weighted by molar-refractivity contribution is 0.122. The maximum atomic E-state index is 12.0. The molecule has 3 nitrogen and oxygen atoms in total. The van der Waals surface area contributed by atoms with E-state index in [1.54, 1.807) is 12.3 Å². The van der Waals surface area contributed by atoms with Gasteiger partial charge in [0, 0.05) is 17.8 Å². The summed E-state index contributed by atoms with van der Waals surface area (Å²) in [4.78, 5) is 0. The van der Waals surface area contributed by atoms with E-state index in [1.165, 1.54) is 4.68 Å². The van der Waals surface area contributed by atoms with Gasteiger partial charge in [-0.1, -0.05) is 0 Å². The van der Waals surface area contributed by atoms with Crippen molar-refractivity contribution < 1.29 is 8.78 Å². The zero-order valence-corrected chi connectivity index (χ0v) is 8.59. The highest BCUT2D eigenvalue weighted by Crippen LogP contribution is 2.11. The molecule has 0 bridgehead atoms. The molecule has 5 heteroatoms. The molecule has 0 spiro atoms. The van der Waals surface area contributed by atoms with Crippen molar-refractivity contribution >= 4 is 5.82 Å². The third-order valence-corrected chi connectivity index (χ3v) is 1.47. The van der Waals surface area contributed by atoms with Crippen molar-refractivity contribution in [3.05, 3.63) is 12.3 Å². The van der Waals surface area contributed by atoms with Gasteiger partial charge in [-0.3, -0.25) is 4.68 Å². The minimum Gasteiger partial charge on any atom is -0.364 e. The van der Waals surface area contributed by atoms with Gasteiger partial charge >= 0.3 is 0 Å². The molecule has 0 amide bonds. The third-order valence-electron chi connectivity index (χ3n) is 1.47. The van der Waals surface area contributed by atoms with Crippen molar-refractivity contribution in [3.8, 4) is 0 Å². The highest BCUT2D eigenvalue weighted by atomic mass is 19.3. The summed E-state index contributed by atoms with van der Waals surface area (Å²) in [6, 6.07) is 1.69. The zero-order valence-electron chi connectivity index (χ0n) is 8.59. The van der Waals surface area contributed by atoms with Crippen LogP contribution in [0.15, 0.2) is 12.3 Å². The van der Waals surface area contributed by atoms with Crippen LogP contribution in [0.2, 0.25) is 0 Å². The highest BCUT2D eigenvalue weighted by molar-refractivity contribution is 5.34. The van der Waals surface area contributed by atoms with Gasteiger partial charge < -0.3 is 5.32 Å². The van der Waals surface area contributed by atoms with Crippen molar-refractivity contribution in [1.29, 1.82) is 0 Å². The molecule has 0 radical (unpaired) electrons. The molecule has 0 aliphatic carbocycles. The number of anilines is 1. The number of hydrogen-bond donors (Lipinski definition) is 1. The van der Waals surface area contributed by atoms with Gasteiger partial charge in [0.25, 0.3) is 6.43 Å². The lowest BCUT2D eigenvalue weighted by atomic mass is 10.1. The Hall–Kier alpha value is -1.13. The summed E-state index contributed by atoms with van der Waals surface area (Å²) >= 11 is 0. The molecular weight excluding hydrogens is 188 g/mol. The lowest BCUT2D eigenvalue weighted by Gasteiger charge is -2.19. The smallest absolute Gasteiger partial charge is 0.257 e. The molecule has 0 atom stereocenters. The molecule has 1 aromatic rings. The average molecular weight is 203 g/mol. The molecule has 1 N–H and O–H groups in total. The van der Waals surface area contributed by atoms with Crippen molar-refractivity contribution in [3.63, 3.8) is 0 Å². The Morgan fingerprint density at radius 3 is 2.64 bits per heavy atom. The maximum absolute atomic E-state index is 12.0. The van der Waals surface area contributed by atoms with E-state index >= 15 is 0 Å². The van der Waals surface area contributed by atoms with Gasteiger partial charge in [-0.15, -0.1) is 0 Å². The second-order valence-electron chi connectivity index (χ2n) is 4.19. The first-order valence-corrected chi connectivity index (χ1v) is 4.46. The number of aromatic nitrogens is 2. The Kier molecular flexibility index (Phi) is 3.08. The molecule has 80 valence electrons. The number of halogens is 2. The summed E-state index contributed by atoms with van der Waals surface area (Å²) in [7, 11) is 0. The molecule has 0 aliphatic heterocycles. The van der Waals surface area contributed by atoms with E-state index in [0.717, 1.165) is 0 Å². The molecule has 1 aromatic heterocycles. The fourth-order valence-electron chi connectivity index (χ4n) is 1.06. The quantitative estimate of drug-likeness (QED) is 0.817. The Labute approximate surface area is 82.1 Å². The molecular formula is C9H15F2N3. The van der Waals surface area contributed by atoms with Crippen LogP contribution in [0.5, 0.6) is 0 Å². The SMILES string of the molecule is CC(C)(C)Nc1ccn(CC(F)F)n1. The second-order valence-corrected chi connectivity index (χ2v) is 4.19. The van der Waals surface area contributed by atoms with E-state index in [1.807, 2.05) is 20.8 Å². The predicted molar refractivity (Wildman–Crippen MR) is 51.6 cm³/mol. The average Bonchev–Trinajstić information content (AvgIpc) is 2.30. The van der Waals surface area contributed by atoms with Crippen LogP contribution in [0.4, 0.5) is 14.6 Å². The van der Waals surface area contributed by atoms with Crippen molar-refractivity contribution in [2.75, 3.05) is 5.32 Å². The first-order chi connectivity index (χ1) is 6.37. The molecule has 0 saturated carbocycles. The first kappa shape index (κ1) is 10.9. The first-order valence-electron chi connectivity index (χ1n) is 4.46. The summed E-state index contributed by atoms with van der Waals surface area (Å²) in [5, 5.41) is 7.06. The van der Waals surface area contributed by atoms with Crippen LogP contribution in [0.3, 0.4) is 0 Å². The van der Waals surface area contributed by atoms with E-state index in [4.69, 9.17) is 0 Å². The number of alkyl halides is 2. The fraction of sp³-hybridized carbons (Fsp3) is 0.667. The number of nitrogens with zero attached hydrogens (tertiary/aromatic N) is 2. The van der Waals surface area contributed by atoms with Gasteiger partial charge in [0.05, 0.1) is 0 Å². The maximum Gasteiger partial charge on any atom is 0.257 e. The van der Waals surface area contributed by atoms with E-state index < -0.39 is 6.43 Å². The Morgan fingerprint density at radius 1 is 1.50 bits per heavy atom. The van der Waals surface area contributed by atoms with Crippen LogP contribution in [0, 0.1) is 0 Å². The van der Waals surface area contributed by atoms with Crippen molar-refractivity contribution in [2.24, 2.45) is 0 Å². The molecule has 14 heavy (non-hydrogen) atoms. The van der Waals surface area contributed by atoms with Crippen LogP contribution in [-0.4, -0.2) is 21.7 Å². The lowest BCUT2D eigenvalue weighted by Crippen LogP contribution is -2.26. The van der Waals surface area contributed by atoms with Gasteiger partial charge in [0.2, 0.25) is 0 Å². The van der Waals surface area contributed by atoms with Crippen molar-refractivity contribution in [1.82, 2.24) is 9.78 Å². The number of nitrogens with one attached hydrogen (secondary N) is 1. The van der Waals surface area contributed by atoms with E-state index in [-0.39, 0.29) is 12.1 Å². The van der Waals surface area contributed by atoms with Crippen LogP contribution in [0.1, 0.15) is 20.8 Å². The number of rotatable bonds is 3. The van der Waals surface area contributed by atoms with Crippen molar-refractivity contribution in [2.45, 2.75) is 39.3 Å². The Bertz CT molecular complexity index is 288. The third kappa shape index (κ3) is 3.72. The van der Waals surface area contributed by atoms with E-state index in [9.17, 15) is 8.78 Å². The summed E-state index contributed by atoms with van der Waals surface area (Å²) in [5.74, 6) is 0.623. The highest BCUT2D eigenvalue weighted by Gasteiger charge is 2.11. The molecule has 0 fully saturated rings. The Morgan fingerprint density at radius 2 is 2.14 bits per heavy atom. The molecule has 0 unspecified atom stereocenters. The van der Waals surface area contributed by atoms with E-state index in [0.29, 0.717) is 5.82 Å². The zero-order chi connectivity index (χ0) is 10.8.